The molecule has 0 heterocycles. The molecule has 0 atom stereocenters. The average molecular weight is 281 g/mol. The number of ether oxygens (including phenoxy) is 1. The predicted molar refractivity (Wildman–Crippen MR) is 73.1 cm³/mol. The monoisotopic (exact) mass is 281 g/mol. The number of methoxy groups -OCH3 is 1. The number of rotatable bonds is 6. The molecule has 0 saturated carbocycles. The van der Waals surface area contributed by atoms with Crippen LogP contribution < -0.4 is 10.1 Å². The van der Waals surface area contributed by atoms with Crippen molar-refractivity contribution in [2.45, 2.75) is 32.2 Å². The Morgan fingerprint density at radius 1 is 1.35 bits per heavy atom. The van der Waals surface area contributed by atoms with Crippen LogP contribution in [0, 0.1) is 0 Å². The van der Waals surface area contributed by atoms with Crippen LogP contribution in [-0.4, -0.2) is 34.7 Å². The van der Waals surface area contributed by atoms with E-state index < -0.39 is 17.4 Å². The van der Waals surface area contributed by atoms with Gasteiger partial charge in [-0.3, -0.25) is 9.59 Å². The number of aliphatic carboxylic acids is 1. The minimum absolute atomic E-state index is 0.0443. The molecule has 0 bridgehead atoms. The summed E-state index contributed by atoms with van der Waals surface area (Å²) in [7, 11) is 1.46. The van der Waals surface area contributed by atoms with Crippen molar-refractivity contribution in [1.29, 1.82) is 0 Å². The number of aromatic hydroxyl groups is 1. The van der Waals surface area contributed by atoms with Crippen LogP contribution in [0.3, 0.4) is 0 Å². The normalized spacial score (nSPS) is 10.9. The molecule has 1 amide bonds. The Hall–Kier alpha value is -2.24. The average Bonchev–Trinajstić information content (AvgIpc) is 2.36. The van der Waals surface area contributed by atoms with Crippen molar-refractivity contribution in [3.63, 3.8) is 0 Å². The summed E-state index contributed by atoms with van der Waals surface area (Å²) in [4.78, 5) is 22.7. The molecule has 0 radical (unpaired) electrons. The second kappa shape index (κ2) is 6.27. The van der Waals surface area contributed by atoms with Gasteiger partial charge in [0.2, 0.25) is 0 Å². The van der Waals surface area contributed by atoms with Crippen molar-refractivity contribution in [2.75, 3.05) is 7.11 Å². The van der Waals surface area contributed by atoms with Crippen molar-refractivity contribution < 1.29 is 24.5 Å². The van der Waals surface area contributed by atoms with Gasteiger partial charge in [0, 0.05) is 12.0 Å². The largest absolute Gasteiger partial charge is 0.507 e. The minimum Gasteiger partial charge on any atom is -0.507 e. The number of phenols is 1. The number of amides is 1. The Labute approximate surface area is 117 Å². The molecule has 1 aromatic rings. The predicted octanol–water partition coefficient (Wildman–Crippen LogP) is 1.77. The number of benzene rings is 1. The van der Waals surface area contributed by atoms with Crippen molar-refractivity contribution >= 4 is 11.9 Å². The third-order valence-corrected chi connectivity index (χ3v) is 2.86. The van der Waals surface area contributed by atoms with Crippen LogP contribution in [0.4, 0.5) is 0 Å². The molecule has 6 heteroatoms. The van der Waals surface area contributed by atoms with Gasteiger partial charge in [0.15, 0.2) is 0 Å². The fourth-order valence-electron chi connectivity index (χ4n) is 1.68. The summed E-state index contributed by atoms with van der Waals surface area (Å²) in [5.74, 6) is -1.10. The third kappa shape index (κ3) is 4.46. The van der Waals surface area contributed by atoms with Gasteiger partial charge in [-0.25, -0.2) is 0 Å². The Morgan fingerprint density at radius 2 is 2.00 bits per heavy atom. The maximum absolute atomic E-state index is 12.1. The number of carboxylic acids is 1. The molecule has 0 aromatic heterocycles. The molecule has 1 aromatic carbocycles. The van der Waals surface area contributed by atoms with Gasteiger partial charge in [0.05, 0.1) is 12.7 Å². The topological polar surface area (TPSA) is 95.9 Å². The molecule has 110 valence electrons. The molecule has 0 aliphatic carbocycles. The number of carbonyl (C=O) groups excluding carboxylic acids is 1. The number of nitrogens with one attached hydrogen (secondary N) is 1. The maximum Gasteiger partial charge on any atom is 0.303 e. The Balaban J connectivity index is 2.82. The molecule has 3 N–H and O–H groups in total. The van der Waals surface area contributed by atoms with Gasteiger partial charge in [0.25, 0.3) is 5.91 Å². The number of carboxylic acid groups (broad SMARTS) is 1. The lowest BCUT2D eigenvalue weighted by Gasteiger charge is -2.25. The maximum atomic E-state index is 12.1. The first-order valence-electron chi connectivity index (χ1n) is 6.16. The van der Waals surface area contributed by atoms with Crippen molar-refractivity contribution in [1.82, 2.24) is 5.32 Å². The van der Waals surface area contributed by atoms with E-state index in [9.17, 15) is 14.7 Å². The van der Waals surface area contributed by atoms with E-state index in [0.717, 1.165) is 0 Å². The van der Waals surface area contributed by atoms with Gasteiger partial charge < -0.3 is 20.3 Å². The summed E-state index contributed by atoms with van der Waals surface area (Å²) >= 11 is 0. The molecule has 0 saturated heterocycles. The zero-order valence-corrected chi connectivity index (χ0v) is 11.8. The lowest BCUT2D eigenvalue weighted by Crippen LogP contribution is -2.43. The first-order valence-corrected chi connectivity index (χ1v) is 6.16. The smallest absolute Gasteiger partial charge is 0.303 e. The molecule has 0 spiro atoms. The van der Waals surface area contributed by atoms with Crippen LogP contribution in [0.25, 0.3) is 0 Å². The SMILES string of the molecule is COc1ccc(O)c(C(=O)NC(C)(C)CCC(=O)O)c1. The molecule has 1 rings (SSSR count). The highest BCUT2D eigenvalue weighted by Gasteiger charge is 2.23. The Kier molecular flexibility index (Phi) is 4.96. The quantitative estimate of drug-likeness (QED) is 0.738. The molecule has 0 aliphatic heterocycles. The van der Waals surface area contributed by atoms with E-state index in [1.54, 1.807) is 19.9 Å². The van der Waals surface area contributed by atoms with E-state index in [-0.39, 0.29) is 17.7 Å². The highest BCUT2D eigenvalue weighted by Crippen LogP contribution is 2.23. The van der Waals surface area contributed by atoms with E-state index >= 15 is 0 Å². The summed E-state index contributed by atoms with van der Waals surface area (Å²) in [6.45, 7) is 3.45. The number of carbonyl (C=O) groups is 2. The molecule has 0 fully saturated rings. The van der Waals surface area contributed by atoms with Gasteiger partial charge in [-0.2, -0.15) is 0 Å². The number of hydrogen-bond acceptors (Lipinski definition) is 4. The van der Waals surface area contributed by atoms with Gasteiger partial charge in [-0.15, -0.1) is 0 Å². The van der Waals surface area contributed by atoms with Crippen LogP contribution in [0.15, 0.2) is 18.2 Å². The van der Waals surface area contributed by atoms with E-state index in [1.165, 1.54) is 19.2 Å². The summed E-state index contributed by atoms with van der Waals surface area (Å²) in [5.41, 5.74) is -0.599. The Morgan fingerprint density at radius 3 is 2.55 bits per heavy atom. The molecular formula is C14H19NO5. The zero-order valence-electron chi connectivity index (χ0n) is 11.8. The van der Waals surface area contributed by atoms with Gasteiger partial charge in [-0.1, -0.05) is 0 Å². The van der Waals surface area contributed by atoms with Gasteiger partial charge in [0.1, 0.15) is 11.5 Å². The van der Waals surface area contributed by atoms with Gasteiger partial charge >= 0.3 is 5.97 Å². The van der Waals surface area contributed by atoms with Crippen molar-refractivity contribution in [3.05, 3.63) is 23.8 Å². The van der Waals surface area contributed by atoms with Crippen LogP contribution >= 0.6 is 0 Å². The Bertz CT molecular complexity index is 510. The van der Waals surface area contributed by atoms with E-state index in [2.05, 4.69) is 5.32 Å². The molecule has 0 unspecified atom stereocenters. The van der Waals surface area contributed by atoms with Crippen LogP contribution in [0.5, 0.6) is 11.5 Å². The van der Waals surface area contributed by atoms with E-state index in [4.69, 9.17) is 9.84 Å². The fourth-order valence-corrected chi connectivity index (χ4v) is 1.68. The van der Waals surface area contributed by atoms with Gasteiger partial charge in [-0.05, 0) is 38.5 Å². The second-order valence-corrected chi connectivity index (χ2v) is 5.11. The lowest BCUT2D eigenvalue weighted by molar-refractivity contribution is -0.137. The minimum atomic E-state index is -0.920. The van der Waals surface area contributed by atoms with Crippen LogP contribution in [-0.2, 0) is 4.79 Å². The lowest BCUT2D eigenvalue weighted by atomic mass is 9.97. The van der Waals surface area contributed by atoms with Crippen LogP contribution in [0.1, 0.15) is 37.0 Å². The first kappa shape index (κ1) is 15.8. The van der Waals surface area contributed by atoms with Crippen LogP contribution in [0.2, 0.25) is 0 Å². The highest BCUT2D eigenvalue weighted by atomic mass is 16.5. The summed E-state index contributed by atoms with van der Waals surface area (Å²) in [6.07, 6.45) is 0.246. The molecule has 6 nitrogen and oxygen atoms in total. The fraction of sp³-hybridized carbons (Fsp3) is 0.429. The van der Waals surface area contributed by atoms with E-state index in [0.29, 0.717) is 12.2 Å². The third-order valence-electron chi connectivity index (χ3n) is 2.86. The molecule has 20 heavy (non-hydrogen) atoms. The molecule has 0 aliphatic rings. The number of phenolic OH excluding ortho intramolecular Hbond substituents is 1. The second-order valence-electron chi connectivity index (χ2n) is 5.11. The molecular weight excluding hydrogens is 262 g/mol. The summed E-state index contributed by atoms with van der Waals surface area (Å²) in [5, 5.41) is 21.1. The summed E-state index contributed by atoms with van der Waals surface area (Å²) < 4.78 is 5.00. The van der Waals surface area contributed by atoms with Crippen molar-refractivity contribution in [2.24, 2.45) is 0 Å². The van der Waals surface area contributed by atoms with Crippen molar-refractivity contribution in [3.8, 4) is 11.5 Å². The standard InChI is InChI=1S/C14H19NO5/c1-14(2,7-6-12(17)18)15-13(19)10-8-9(20-3)4-5-11(10)16/h4-5,8,16H,6-7H2,1-3H3,(H,15,19)(H,17,18). The van der Waals surface area contributed by atoms with E-state index in [1.807, 2.05) is 0 Å². The first-order chi connectivity index (χ1) is 9.25. The zero-order chi connectivity index (χ0) is 15.3. The summed E-state index contributed by atoms with van der Waals surface area (Å²) in [6, 6.07) is 4.34. The highest BCUT2D eigenvalue weighted by molar-refractivity contribution is 5.97. The number of hydrogen-bond donors (Lipinski definition) is 3.